The van der Waals surface area contributed by atoms with Crippen molar-refractivity contribution in [3.05, 3.63) is 23.9 Å². The number of methoxy groups -OCH3 is 1. The van der Waals surface area contributed by atoms with Crippen LogP contribution in [0.2, 0.25) is 0 Å². The number of hydrogen-bond donors (Lipinski definition) is 1. The summed E-state index contributed by atoms with van der Waals surface area (Å²) in [7, 11) is 1.46. The average Bonchev–Trinajstić information content (AvgIpc) is 2.52. The van der Waals surface area contributed by atoms with E-state index in [-0.39, 0.29) is 18.3 Å². The Labute approximate surface area is 122 Å². The Morgan fingerprint density at radius 2 is 2.14 bits per heavy atom. The highest BCUT2D eigenvalue weighted by Crippen LogP contribution is 2.18. The summed E-state index contributed by atoms with van der Waals surface area (Å²) in [6.07, 6.45) is 1.26. The van der Waals surface area contributed by atoms with Crippen LogP contribution in [0.25, 0.3) is 0 Å². The van der Waals surface area contributed by atoms with Crippen molar-refractivity contribution in [1.82, 2.24) is 9.88 Å². The van der Waals surface area contributed by atoms with Crippen molar-refractivity contribution in [2.75, 3.05) is 26.9 Å². The first-order valence-electron chi connectivity index (χ1n) is 6.73. The van der Waals surface area contributed by atoms with Crippen molar-refractivity contribution in [2.24, 2.45) is 0 Å². The molecule has 1 amide bonds. The van der Waals surface area contributed by atoms with E-state index in [1.807, 2.05) is 0 Å². The molecule has 0 aromatic carbocycles. The summed E-state index contributed by atoms with van der Waals surface area (Å²) in [6.45, 7) is 0.710. The van der Waals surface area contributed by atoms with E-state index < -0.39 is 11.9 Å². The number of aliphatic carboxylic acids is 1. The second kappa shape index (κ2) is 7.03. The predicted molar refractivity (Wildman–Crippen MR) is 73.3 cm³/mol. The molecular weight excluding hydrogens is 276 g/mol. The van der Waals surface area contributed by atoms with Crippen LogP contribution in [0.15, 0.2) is 18.2 Å². The highest BCUT2D eigenvalue weighted by Gasteiger charge is 2.29. The summed E-state index contributed by atoms with van der Waals surface area (Å²) < 4.78 is 10.2. The van der Waals surface area contributed by atoms with Crippen LogP contribution in [0.5, 0.6) is 5.88 Å². The average molecular weight is 294 g/mol. The molecule has 1 aliphatic heterocycles. The first-order valence-corrected chi connectivity index (χ1v) is 6.73. The fourth-order valence-electron chi connectivity index (χ4n) is 2.30. The van der Waals surface area contributed by atoms with E-state index in [0.29, 0.717) is 31.9 Å². The zero-order valence-electron chi connectivity index (χ0n) is 11.8. The molecular formula is C14H18N2O5. The van der Waals surface area contributed by atoms with Crippen molar-refractivity contribution >= 4 is 11.9 Å². The molecule has 2 heterocycles. The van der Waals surface area contributed by atoms with Crippen LogP contribution in [0.4, 0.5) is 0 Å². The molecule has 0 saturated carbocycles. The lowest BCUT2D eigenvalue weighted by Gasteiger charge is -2.33. The number of carboxylic acids is 1. The Morgan fingerprint density at radius 1 is 1.43 bits per heavy atom. The van der Waals surface area contributed by atoms with E-state index in [0.717, 1.165) is 0 Å². The molecule has 21 heavy (non-hydrogen) atoms. The molecule has 7 heteroatoms. The Kier molecular flexibility index (Phi) is 5.10. The quantitative estimate of drug-likeness (QED) is 0.864. The molecule has 0 bridgehead atoms. The Hall–Kier alpha value is -2.15. The normalized spacial score (nSPS) is 15.5. The number of nitrogens with zero attached hydrogens (tertiary/aromatic N) is 2. The van der Waals surface area contributed by atoms with E-state index in [1.165, 1.54) is 12.0 Å². The fraction of sp³-hybridized carbons (Fsp3) is 0.500. The van der Waals surface area contributed by atoms with Gasteiger partial charge in [0.2, 0.25) is 5.88 Å². The zero-order valence-corrected chi connectivity index (χ0v) is 11.8. The number of carbonyl (C=O) groups is 2. The van der Waals surface area contributed by atoms with Crippen LogP contribution in [0.1, 0.15) is 23.3 Å². The number of rotatable bonds is 5. The van der Waals surface area contributed by atoms with Gasteiger partial charge in [0.15, 0.2) is 0 Å². The Bertz CT molecular complexity index is 514. The van der Waals surface area contributed by atoms with Gasteiger partial charge in [-0.1, -0.05) is 6.07 Å². The summed E-state index contributed by atoms with van der Waals surface area (Å²) in [5, 5.41) is 9.04. The SMILES string of the molecule is COc1cccc(C(=O)N(CC(=O)O)C2CCOCC2)n1. The first kappa shape index (κ1) is 15.2. The predicted octanol–water partition coefficient (Wildman–Crippen LogP) is 0.796. The van der Waals surface area contributed by atoms with E-state index in [1.54, 1.807) is 18.2 Å². The van der Waals surface area contributed by atoms with Crippen molar-refractivity contribution in [3.8, 4) is 5.88 Å². The van der Waals surface area contributed by atoms with Crippen LogP contribution in [-0.4, -0.2) is 59.8 Å². The largest absolute Gasteiger partial charge is 0.481 e. The van der Waals surface area contributed by atoms with Crippen LogP contribution in [0.3, 0.4) is 0 Å². The number of pyridine rings is 1. The Morgan fingerprint density at radius 3 is 2.76 bits per heavy atom. The number of aromatic nitrogens is 1. The summed E-state index contributed by atoms with van der Waals surface area (Å²) in [4.78, 5) is 29.0. The molecule has 0 spiro atoms. The zero-order chi connectivity index (χ0) is 15.2. The minimum Gasteiger partial charge on any atom is -0.481 e. The molecule has 0 radical (unpaired) electrons. The lowest BCUT2D eigenvalue weighted by molar-refractivity contribution is -0.138. The minimum absolute atomic E-state index is 0.143. The topological polar surface area (TPSA) is 89.0 Å². The highest BCUT2D eigenvalue weighted by atomic mass is 16.5. The third-order valence-electron chi connectivity index (χ3n) is 3.35. The van der Waals surface area contributed by atoms with Gasteiger partial charge in [0, 0.05) is 25.3 Å². The van der Waals surface area contributed by atoms with Gasteiger partial charge >= 0.3 is 5.97 Å². The van der Waals surface area contributed by atoms with E-state index in [4.69, 9.17) is 14.6 Å². The first-order chi connectivity index (χ1) is 10.1. The molecule has 2 rings (SSSR count). The van der Waals surface area contributed by atoms with E-state index >= 15 is 0 Å². The molecule has 1 aromatic heterocycles. The van der Waals surface area contributed by atoms with Crippen molar-refractivity contribution in [3.63, 3.8) is 0 Å². The maximum absolute atomic E-state index is 12.6. The van der Waals surface area contributed by atoms with Gasteiger partial charge in [-0.2, -0.15) is 0 Å². The number of carboxylic acid groups (broad SMARTS) is 1. The van der Waals surface area contributed by atoms with E-state index in [2.05, 4.69) is 4.98 Å². The third-order valence-corrected chi connectivity index (χ3v) is 3.35. The van der Waals surface area contributed by atoms with Crippen molar-refractivity contribution in [1.29, 1.82) is 0 Å². The maximum atomic E-state index is 12.6. The molecule has 0 unspecified atom stereocenters. The Balaban J connectivity index is 2.21. The third kappa shape index (κ3) is 3.91. The summed E-state index contributed by atoms with van der Waals surface area (Å²) in [6, 6.07) is 4.70. The van der Waals surface area contributed by atoms with Gasteiger partial charge in [0.05, 0.1) is 7.11 Å². The molecule has 0 aliphatic carbocycles. The smallest absolute Gasteiger partial charge is 0.323 e. The summed E-state index contributed by atoms with van der Waals surface area (Å²) in [5.41, 5.74) is 0.182. The lowest BCUT2D eigenvalue weighted by atomic mass is 10.1. The van der Waals surface area contributed by atoms with Gasteiger partial charge in [0.1, 0.15) is 12.2 Å². The fourth-order valence-corrected chi connectivity index (χ4v) is 2.30. The molecule has 1 aliphatic rings. The molecule has 1 saturated heterocycles. The van der Waals surface area contributed by atoms with Crippen LogP contribution in [0, 0.1) is 0 Å². The summed E-state index contributed by atoms with van der Waals surface area (Å²) >= 11 is 0. The maximum Gasteiger partial charge on any atom is 0.323 e. The van der Waals surface area contributed by atoms with Crippen molar-refractivity contribution in [2.45, 2.75) is 18.9 Å². The number of carbonyl (C=O) groups excluding carboxylic acids is 1. The van der Waals surface area contributed by atoms with Gasteiger partial charge < -0.3 is 19.5 Å². The van der Waals surface area contributed by atoms with Crippen molar-refractivity contribution < 1.29 is 24.2 Å². The van der Waals surface area contributed by atoms with Crippen LogP contribution in [-0.2, 0) is 9.53 Å². The molecule has 1 aromatic rings. The molecule has 114 valence electrons. The molecule has 1 fully saturated rings. The van der Waals surface area contributed by atoms with Gasteiger partial charge in [-0.25, -0.2) is 4.98 Å². The molecule has 7 nitrogen and oxygen atoms in total. The van der Waals surface area contributed by atoms with Gasteiger partial charge in [0.25, 0.3) is 5.91 Å². The van der Waals surface area contributed by atoms with Gasteiger partial charge in [-0.3, -0.25) is 9.59 Å². The van der Waals surface area contributed by atoms with E-state index in [9.17, 15) is 9.59 Å². The minimum atomic E-state index is -1.04. The van der Waals surface area contributed by atoms with Crippen LogP contribution >= 0.6 is 0 Å². The van der Waals surface area contributed by atoms with Crippen LogP contribution < -0.4 is 4.74 Å². The number of ether oxygens (including phenoxy) is 2. The number of amides is 1. The number of hydrogen-bond acceptors (Lipinski definition) is 5. The lowest BCUT2D eigenvalue weighted by Crippen LogP contribution is -2.46. The molecule has 1 N–H and O–H groups in total. The standard InChI is InChI=1S/C14H18N2O5/c1-20-12-4-2-3-11(15-12)14(19)16(9-13(17)18)10-5-7-21-8-6-10/h2-4,10H,5-9H2,1H3,(H,17,18). The second-order valence-corrected chi connectivity index (χ2v) is 4.74. The highest BCUT2D eigenvalue weighted by molar-refractivity contribution is 5.94. The molecule has 0 atom stereocenters. The monoisotopic (exact) mass is 294 g/mol. The van der Waals surface area contributed by atoms with Gasteiger partial charge in [-0.05, 0) is 18.9 Å². The second-order valence-electron chi connectivity index (χ2n) is 4.74. The summed E-state index contributed by atoms with van der Waals surface area (Å²) in [5.74, 6) is -1.12. The van der Waals surface area contributed by atoms with Gasteiger partial charge in [-0.15, -0.1) is 0 Å².